The zero-order valence-electron chi connectivity index (χ0n) is 13.9. The van der Waals surface area contributed by atoms with Crippen LogP contribution in [0.1, 0.15) is 38.8 Å². The number of furan rings is 1. The van der Waals surface area contributed by atoms with Crippen LogP contribution in [0, 0.1) is 0 Å². The van der Waals surface area contributed by atoms with Gasteiger partial charge in [0, 0.05) is 12.7 Å². The van der Waals surface area contributed by atoms with E-state index in [0.717, 1.165) is 30.7 Å². The molecule has 0 unspecified atom stereocenters. The summed E-state index contributed by atoms with van der Waals surface area (Å²) in [5.74, 6) is 0.703. The fourth-order valence-electron chi connectivity index (χ4n) is 3.38. The van der Waals surface area contributed by atoms with E-state index in [9.17, 15) is 4.79 Å². The number of halogens is 1. The number of aryl methyl sites for hydroxylation is 1. The van der Waals surface area contributed by atoms with Gasteiger partial charge >= 0.3 is 0 Å². The van der Waals surface area contributed by atoms with E-state index < -0.39 is 0 Å². The smallest absolute Gasteiger partial charge is 0.264 e. The number of rotatable bonds is 5. The molecule has 0 N–H and O–H groups in total. The summed E-state index contributed by atoms with van der Waals surface area (Å²) in [6, 6.07) is 7.24. The van der Waals surface area contributed by atoms with Gasteiger partial charge in [0.05, 0.1) is 34.3 Å². The Kier molecular flexibility index (Phi) is 4.39. The van der Waals surface area contributed by atoms with Crippen molar-refractivity contribution in [1.82, 2.24) is 14.7 Å². The van der Waals surface area contributed by atoms with E-state index in [4.69, 9.17) is 16.0 Å². The molecule has 0 radical (unpaired) electrons. The average molecular weight is 376 g/mol. The summed E-state index contributed by atoms with van der Waals surface area (Å²) in [5, 5.41) is 4.65. The van der Waals surface area contributed by atoms with Crippen LogP contribution >= 0.6 is 22.9 Å². The van der Waals surface area contributed by atoms with Gasteiger partial charge < -0.3 is 9.32 Å². The molecule has 0 aliphatic heterocycles. The Morgan fingerprint density at radius 1 is 1.36 bits per heavy atom. The lowest BCUT2D eigenvalue weighted by Gasteiger charge is -2.20. The molecular weight excluding hydrogens is 358 g/mol. The minimum absolute atomic E-state index is 0.0503. The van der Waals surface area contributed by atoms with Crippen LogP contribution in [-0.2, 0) is 33.0 Å². The van der Waals surface area contributed by atoms with E-state index in [0.29, 0.717) is 22.3 Å². The molecule has 130 valence electrons. The number of hydrogen-bond donors (Lipinski definition) is 0. The Bertz CT molecular complexity index is 898. The number of carbonyl (C=O) groups is 1. The second kappa shape index (κ2) is 6.69. The molecule has 0 aromatic carbocycles. The molecular formula is C18H18ClN3O2S. The van der Waals surface area contributed by atoms with Crippen LogP contribution in [0.2, 0.25) is 4.34 Å². The minimum atomic E-state index is -0.0503. The van der Waals surface area contributed by atoms with E-state index in [1.165, 1.54) is 22.6 Å². The molecule has 0 fully saturated rings. The van der Waals surface area contributed by atoms with Gasteiger partial charge in [0.1, 0.15) is 5.76 Å². The highest BCUT2D eigenvalue weighted by molar-refractivity contribution is 7.17. The lowest BCUT2D eigenvalue weighted by atomic mass is 10.2. The number of nitrogens with zero attached hydrogens (tertiary/aromatic N) is 3. The van der Waals surface area contributed by atoms with E-state index >= 15 is 0 Å². The van der Waals surface area contributed by atoms with Crippen molar-refractivity contribution in [2.45, 2.75) is 32.4 Å². The molecule has 3 aromatic rings. The highest BCUT2D eigenvalue weighted by atomic mass is 35.5. The number of thiophene rings is 1. The molecule has 25 heavy (non-hydrogen) atoms. The fourth-order valence-corrected chi connectivity index (χ4v) is 4.39. The normalized spacial score (nSPS) is 13.2. The molecule has 3 aromatic heterocycles. The zero-order valence-corrected chi connectivity index (χ0v) is 15.4. The third-order valence-corrected chi connectivity index (χ3v) is 5.76. The van der Waals surface area contributed by atoms with Gasteiger partial charge in [-0.15, -0.1) is 11.3 Å². The van der Waals surface area contributed by atoms with Crippen LogP contribution < -0.4 is 0 Å². The maximum Gasteiger partial charge on any atom is 0.264 e. The molecule has 4 rings (SSSR count). The van der Waals surface area contributed by atoms with E-state index in [1.54, 1.807) is 23.3 Å². The summed E-state index contributed by atoms with van der Waals surface area (Å²) < 4.78 is 8.01. The third kappa shape index (κ3) is 3.24. The highest BCUT2D eigenvalue weighted by Gasteiger charge is 2.25. The first-order chi connectivity index (χ1) is 12.1. The molecule has 0 spiro atoms. The van der Waals surface area contributed by atoms with Gasteiger partial charge in [0.15, 0.2) is 0 Å². The summed E-state index contributed by atoms with van der Waals surface area (Å²) in [5.41, 5.74) is 3.57. The van der Waals surface area contributed by atoms with Crippen molar-refractivity contribution in [3.63, 3.8) is 0 Å². The summed E-state index contributed by atoms with van der Waals surface area (Å²) in [7, 11) is 1.98. The standard InChI is InChI=1S/C18H18ClN3O2S/c1-21-15-6-2-5-13(15)14(20-21)11-22(10-12-4-3-9-24-12)18(23)16-7-8-17(19)25-16/h3-4,7-9H,2,5-6,10-11H2,1H3. The first kappa shape index (κ1) is 16.4. The Morgan fingerprint density at radius 3 is 2.96 bits per heavy atom. The van der Waals surface area contributed by atoms with Crippen LogP contribution in [-0.4, -0.2) is 20.6 Å². The molecule has 3 heterocycles. The van der Waals surface area contributed by atoms with Crippen molar-refractivity contribution in [3.8, 4) is 0 Å². The topological polar surface area (TPSA) is 51.3 Å². The summed E-state index contributed by atoms with van der Waals surface area (Å²) in [6.07, 6.45) is 4.87. The van der Waals surface area contributed by atoms with E-state index in [2.05, 4.69) is 5.10 Å². The molecule has 0 saturated heterocycles. The van der Waals surface area contributed by atoms with Crippen LogP contribution in [0.4, 0.5) is 0 Å². The minimum Gasteiger partial charge on any atom is -0.467 e. The van der Waals surface area contributed by atoms with Crippen LogP contribution in [0.3, 0.4) is 0 Å². The Balaban J connectivity index is 1.63. The van der Waals surface area contributed by atoms with E-state index in [-0.39, 0.29) is 5.91 Å². The van der Waals surface area contributed by atoms with Gasteiger partial charge in [-0.3, -0.25) is 9.48 Å². The fraction of sp³-hybridized carbons (Fsp3) is 0.333. The monoisotopic (exact) mass is 375 g/mol. The lowest BCUT2D eigenvalue weighted by molar-refractivity contribution is 0.0719. The van der Waals surface area contributed by atoms with Crippen LogP contribution in [0.15, 0.2) is 34.9 Å². The van der Waals surface area contributed by atoms with Crippen molar-refractivity contribution in [3.05, 3.63) is 62.5 Å². The Hall–Kier alpha value is -2.05. The predicted molar refractivity (Wildman–Crippen MR) is 96.8 cm³/mol. The van der Waals surface area contributed by atoms with Crippen molar-refractivity contribution < 1.29 is 9.21 Å². The van der Waals surface area contributed by atoms with E-state index in [1.807, 2.05) is 23.9 Å². The molecule has 0 bridgehead atoms. The number of carbonyl (C=O) groups excluding carboxylic acids is 1. The summed E-state index contributed by atoms with van der Waals surface area (Å²) in [4.78, 5) is 15.4. The van der Waals surface area contributed by atoms with Crippen molar-refractivity contribution in [1.29, 1.82) is 0 Å². The SMILES string of the molecule is Cn1nc(CN(Cc2ccco2)C(=O)c2ccc(Cl)s2)c2c1CCC2. The molecule has 1 aliphatic rings. The zero-order chi connectivity index (χ0) is 17.4. The number of amides is 1. The van der Waals surface area contributed by atoms with Gasteiger partial charge in [-0.2, -0.15) is 5.10 Å². The highest BCUT2D eigenvalue weighted by Crippen LogP contribution is 2.28. The maximum atomic E-state index is 13.0. The first-order valence-electron chi connectivity index (χ1n) is 8.22. The third-order valence-electron chi connectivity index (χ3n) is 4.54. The largest absolute Gasteiger partial charge is 0.467 e. The van der Waals surface area contributed by atoms with Gasteiger partial charge in [-0.05, 0) is 49.1 Å². The molecule has 0 saturated carbocycles. The number of aromatic nitrogens is 2. The number of fused-ring (bicyclic) bond motifs is 1. The Labute approximate surface area is 154 Å². The van der Waals surface area contributed by atoms with Crippen molar-refractivity contribution in [2.24, 2.45) is 7.05 Å². The molecule has 7 heteroatoms. The lowest BCUT2D eigenvalue weighted by Crippen LogP contribution is -2.30. The van der Waals surface area contributed by atoms with Gasteiger partial charge in [-0.25, -0.2) is 0 Å². The Morgan fingerprint density at radius 2 is 2.24 bits per heavy atom. The molecule has 0 atom stereocenters. The predicted octanol–water partition coefficient (Wildman–Crippen LogP) is 4.06. The quantitative estimate of drug-likeness (QED) is 0.675. The van der Waals surface area contributed by atoms with Gasteiger partial charge in [0.2, 0.25) is 0 Å². The molecule has 1 amide bonds. The number of hydrogen-bond acceptors (Lipinski definition) is 4. The molecule has 1 aliphatic carbocycles. The second-order valence-corrected chi connectivity index (χ2v) is 7.91. The van der Waals surface area contributed by atoms with Crippen molar-refractivity contribution >= 4 is 28.8 Å². The maximum absolute atomic E-state index is 13.0. The van der Waals surface area contributed by atoms with Gasteiger partial charge in [0.25, 0.3) is 5.91 Å². The average Bonchev–Trinajstić information content (AvgIpc) is 3.35. The summed E-state index contributed by atoms with van der Waals surface area (Å²) in [6.45, 7) is 0.880. The van der Waals surface area contributed by atoms with Crippen LogP contribution in [0.5, 0.6) is 0 Å². The molecule has 5 nitrogen and oxygen atoms in total. The summed E-state index contributed by atoms with van der Waals surface area (Å²) >= 11 is 7.30. The van der Waals surface area contributed by atoms with Crippen molar-refractivity contribution in [2.75, 3.05) is 0 Å². The van der Waals surface area contributed by atoms with Crippen LogP contribution in [0.25, 0.3) is 0 Å². The second-order valence-electron chi connectivity index (χ2n) is 6.19. The first-order valence-corrected chi connectivity index (χ1v) is 9.42. The van der Waals surface area contributed by atoms with Gasteiger partial charge in [-0.1, -0.05) is 11.6 Å².